The Labute approximate surface area is 123 Å². The second-order valence-electron chi connectivity index (χ2n) is 5.91. The maximum atomic E-state index is 5.60. The van der Waals surface area contributed by atoms with Crippen molar-refractivity contribution in [3.8, 4) is 0 Å². The Morgan fingerprint density at radius 2 is 2.10 bits per heavy atom. The first-order chi connectivity index (χ1) is 9.77. The lowest BCUT2D eigenvalue weighted by Gasteiger charge is -2.25. The summed E-state index contributed by atoms with van der Waals surface area (Å²) in [6, 6.07) is 8.91. The summed E-state index contributed by atoms with van der Waals surface area (Å²) in [5.41, 5.74) is 3.10. The molecule has 1 aromatic carbocycles. The minimum atomic E-state index is 0.682. The second-order valence-corrected chi connectivity index (χ2v) is 5.91. The van der Waals surface area contributed by atoms with E-state index in [0.717, 1.165) is 32.8 Å². The Balaban J connectivity index is 1.63. The van der Waals surface area contributed by atoms with Gasteiger partial charge in [0.1, 0.15) is 0 Å². The number of nitrogens with zero attached hydrogens (tertiary/aromatic N) is 1. The van der Waals surface area contributed by atoms with Crippen LogP contribution in [-0.4, -0.2) is 51.8 Å². The van der Waals surface area contributed by atoms with Crippen LogP contribution in [-0.2, 0) is 11.2 Å². The van der Waals surface area contributed by atoms with E-state index in [9.17, 15) is 0 Å². The topological polar surface area (TPSA) is 24.5 Å². The molecule has 0 bridgehead atoms. The van der Waals surface area contributed by atoms with E-state index in [4.69, 9.17) is 4.74 Å². The van der Waals surface area contributed by atoms with Gasteiger partial charge in [0.15, 0.2) is 0 Å². The summed E-state index contributed by atoms with van der Waals surface area (Å²) in [6.45, 7) is 4.65. The molecule has 3 nitrogen and oxygen atoms in total. The smallest absolute Gasteiger partial charge is 0.0593 e. The highest BCUT2D eigenvalue weighted by molar-refractivity contribution is 5.32. The Kier molecular flexibility index (Phi) is 6.51. The van der Waals surface area contributed by atoms with Crippen LogP contribution in [0.1, 0.15) is 29.9 Å². The quantitative estimate of drug-likeness (QED) is 0.737. The fourth-order valence-electron chi connectivity index (χ4n) is 2.84. The van der Waals surface area contributed by atoms with E-state index in [1.54, 1.807) is 11.1 Å². The molecule has 0 spiro atoms. The first-order valence-corrected chi connectivity index (χ1v) is 7.78. The molecule has 0 amide bonds. The van der Waals surface area contributed by atoms with E-state index in [-0.39, 0.29) is 0 Å². The molecule has 20 heavy (non-hydrogen) atoms. The van der Waals surface area contributed by atoms with Gasteiger partial charge in [-0.15, -0.1) is 0 Å². The third-order valence-electron chi connectivity index (χ3n) is 3.99. The number of hydrogen-bond acceptors (Lipinski definition) is 3. The molecular formula is C17H28N2O. The van der Waals surface area contributed by atoms with Crippen LogP contribution in [0.15, 0.2) is 24.3 Å². The molecule has 3 heteroatoms. The minimum absolute atomic E-state index is 0.682. The molecule has 1 aliphatic carbocycles. The van der Waals surface area contributed by atoms with E-state index in [2.05, 4.69) is 48.6 Å². The molecule has 0 saturated carbocycles. The van der Waals surface area contributed by atoms with E-state index in [0.29, 0.717) is 5.92 Å². The van der Waals surface area contributed by atoms with Crippen molar-refractivity contribution in [1.29, 1.82) is 0 Å². The molecule has 1 aliphatic rings. The lowest BCUT2D eigenvalue weighted by Crippen LogP contribution is -2.28. The summed E-state index contributed by atoms with van der Waals surface area (Å²) in [6.07, 6.45) is 3.88. The second kappa shape index (κ2) is 8.40. The van der Waals surface area contributed by atoms with Crippen LogP contribution in [0.5, 0.6) is 0 Å². The molecule has 2 rings (SSSR count). The monoisotopic (exact) mass is 276 g/mol. The van der Waals surface area contributed by atoms with Gasteiger partial charge < -0.3 is 15.0 Å². The largest absolute Gasteiger partial charge is 0.379 e. The summed E-state index contributed by atoms with van der Waals surface area (Å²) in [7, 11) is 4.14. The molecule has 1 unspecified atom stereocenters. The van der Waals surface area contributed by atoms with Gasteiger partial charge in [0.05, 0.1) is 13.2 Å². The molecule has 112 valence electrons. The Bertz CT molecular complexity index is 392. The predicted octanol–water partition coefficient (Wildman–Crippen LogP) is 2.27. The standard InChI is InChI=1S/C17H28N2O/c1-19(2)11-13-20-12-10-18-14-16-8-5-7-15-6-3-4-9-17(15)16/h3-4,6,9,16,18H,5,7-8,10-14H2,1-2H3. The number of nitrogens with one attached hydrogen (secondary N) is 1. The van der Waals surface area contributed by atoms with E-state index in [1.165, 1.54) is 19.3 Å². The van der Waals surface area contributed by atoms with Gasteiger partial charge in [-0.3, -0.25) is 0 Å². The molecular weight excluding hydrogens is 248 g/mol. The van der Waals surface area contributed by atoms with E-state index < -0.39 is 0 Å². The molecule has 1 N–H and O–H groups in total. The van der Waals surface area contributed by atoms with Crippen LogP contribution in [0, 0.1) is 0 Å². The molecule has 0 aliphatic heterocycles. The molecule has 0 radical (unpaired) electrons. The zero-order chi connectivity index (χ0) is 14.2. The van der Waals surface area contributed by atoms with Crippen molar-refractivity contribution in [2.24, 2.45) is 0 Å². The van der Waals surface area contributed by atoms with Crippen LogP contribution in [0.2, 0.25) is 0 Å². The van der Waals surface area contributed by atoms with E-state index >= 15 is 0 Å². The van der Waals surface area contributed by atoms with Gasteiger partial charge in [-0.2, -0.15) is 0 Å². The van der Waals surface area contributed by atoms with Gasteiger partial charge >= 0.3 is 0 Å². The normalized spacial score (nSPS) is 18.2. The molecule has 0 heterocycles. The highest BCUT2D eigenvalue weighted by atomic mass is 16.5. The van der Waals surface area contributed by atoms with Gasteiger partial charge in [0.25, 0.3) is 0 Å². The highest BCUT2D eigenvalue weighted by Crippen LogP contribution is 2.30. The average Bonchev–Trinajstić information content (AvgIpc) is 2.46. The van der Waals surface area contributed by atoms with Gasteiger partial charge in [-0.1, -0.05) is 24.3 Å². The van der Waals surface area contributed by atoms with Crippen molar-refractivity contribution in [3.63, 3.8) is 0 Å². The molecule has 0 aromatic heterocycles. The Morgan fingerprint density at radius 1 is 1.25 bits per heavy atom. The van der Waals surface area contributed by atoms with Crippen molar-refractivity contribution >= 4 is 0 Å². The van der Waals surface area contributed by atoms with Crippen LogP contribution < -0.4 is 5.32 Å². The zero-order valence-electron chi connectivity index (χ0n) is 12.9. The average molecular weight is 276 g/mol. The summed E-state index contributed by atoms with van der Waals surface area (Å²) >= 11 is 0. The fourth-order valence-corrected chi connectivity index (χ4v) is 2.84. The highest BCUT2D eigenvalue weighted by Gasteiger charge is 2.18. The maximum absolute atomic E-state index is 5.60. The van der Waals surface area contributed by atoms with E-state index in [1.807, 2.05) is 0 Å². The van der Waals surface area contributed by atoms with Crippen LogP contribution in [0.3, 0.4) is 0 Å². The third-order valence-corrected chi connectivity index (χ3v) is 3.99. The lowest BCUT2D eigenvalue weighted by atomic mass is 9.83. The first kappa shape index (κ1) is 15.5. The maximum Gasteiger partial charge on any atom is 0.0593 e. The number of ether oxygens (including phenoxy) is 1. The van der Waals surface area contributed by atoms with Gasteiger partial charge in [0, 0.05) is 19.6 Å². The van der Waals surface area contributed by atoms with Gasteiger partial charge in [0.2, 0.25) is 0 Å². The fraction of sp³-hybridized carbons (Fsp3) is 0.647. The summed E-state index contributed by atoms with van der Waals surface area (Å²) in [5.74, 6) is 0.682. The predicted molar refractivity (Wildman–Crippen MR) is 84.4 cm³/mol. The Morgan fingerprint density at radius 3 is 2.95 bits per heavy atom. The number of benzene rings is 1. The summed E-state index contributed by atoms with van der Waals surface area (Å²) in [5, 5.41) is 3.55. The van der Waals surface area contributed by atoms with Crippen LogP contribution >= 0.6 is 0 Å². The number of likely N-dealkylation sites (N-methyl/N-ethyl adjacent to an activating group) is 1. The van der Waals surface area contributed by atoms with Crippen molar-refractivity contribution in [1.82, 2.24) is 10.2 Å². The van der Waals surface area contributed by atoms with Crippen molar-refractivity contribution in [2.45, 2.75) is 25.2 Å². The summed E-state index contributed by atoms with van der Waals surface area (Å²) < 4.78 is 5.60. The van der Waals surface area contributed by atoms with Crippen molar-refractivity contribution in [3.05, 3.63) is 35.4 Å². The van der Waals surface area contributed by atoms with Gasteiger partial charge in [-0.25, -0.2) is 0 Å². The number of rotatable bonds is 8. The minimum Gasteiger partial charge on any atom is -0.379 e. The number of hydrogen-bond donors (Lipinski definition) is 1. The Hall–Kier alpha value is -0.900. The molecule has 1 atom stereocenters. The molecule has 0 fully saturated rings. The first-order valence-electron chi connectivity index (χ1n) is 7.78. The van der Waals surface area contributed by atoms with Crippen LogP contribution in [0.25, 0.3) is 0 Å². The van der Waals surface area contributed by atoms with Crippen molar-refractivity contribution < 1.29 is 4.74 Å². The lowest BCUT2D eigenvalue weighted by molar-refractivity contribution is 0.119. The number of aryl methyl sites for hydroxylation is 1. The summed E-state index contributed by atoms with van der Waals surface area (Å²) in [4.78, 5) is 2.15. The third kappa shape index (κ3) is 4.89. The molecule has 1 aromatic rings. The number of fused-ring (bicyclic) bond motifs is 1. The SMILES string of the molecule is CN(C)CCOCCNCC1CCCc2ccccc21. The zero-order valence-corrected chi connectivity index (χ0v) is 12.9. The van der Waals surface area contributed by atoms with Crippen LogP contribution in [0.4, 0.5) is 0 Å². The van der Waals surface area contributed by atoms with Gasteiger partial charge in [-0.05, 0) is 50.4 Å². The van der Waals surface area contributed by atoms with Crippen molar-refractivity contribution in [2.75, 3.05) is 46.9 Å². The molecule has 0 saturated heterocycles.